The zero-order chi connectivity index (χ0) is 24.6. The number of hydrogen-bond donors (Lipinski definition) is 3. The minimum atomic E-state index is -0.845. The quantitative estimate of drug-likeness (QED) is 0.605. The summed E-state index contributed by atoms with van der Waals surface area (Å²) in [6.45, 7) is 13.3. The van der Waals surface area contributed by atoms with Gasteiger partial charge in [0.25, 0.3) is 5.91 Å². The lowest BCUT2D eigenvalue weighted by Crippen LogP contribution is -2.52. The molecule has 0 saturated carbocycles. The van der Waals surface area contributed by atoms with Crippen LogP contribution in [0, 0.1) is 18.3 Å². The van der Waals surface area contributed by atoms with Gasteiger partial charge in [0.05, 0.1) is 11.1 Å². The maximum atomic E-state index is 12.7. The van der Waals surface area contributed by atoms with Gasteiger partial charge in [-0.3, -0.25) is 9.48 Å². The molecular formula is C25H38N4O4. The van der Waals surface area contributed by atoms with Gasteiger partial charge in [0, 0.05) is 42.8 Å². The third kappa shape index (κ3) is 6.05. The van der Waals surface area contributed by atoms with Crippen molar-refractivity contribution in [2.75, 3.05) is 13.1 Å². The number of hydrogen-bond acceptors (Lipinski definition) is 4. The average molecular weight is 459 g/mol. The molecule has 2 amide bonds. The van der Waals surface area contributed by atoms with Crippen LogP contribution in [-0.2, 0) is 6.54 Å². The molecule has 1 aromatic carbocycles. The molecule has 3 rings (SSSR count). The predicted octanol–water partition coefficient (Wildman–Crippen LogP) is 4.04. The molecule has 8 heteroatoms. The first-order valence-corrected chi connectivity index (χ1v) is 11.7. The molecule has 8 nitrogen and oxygen atoms in total. The van der Waals surface area contributed by atoms with E-state index in [-0.39, 0.29) is 17.4 Å². The molecule has 0 spiro atoms. The van der Waals surface area contributed by atoms with Gasteiger partial charge in [-0.1, -0.05) is 20.8 Å². The van der Waals surface area contributed by atoms with Crippen LogP contribution in [0.1, 0.15) is 69.8 Å². The van der Waals surface area contributed by atoms with E-state index in [4.69, 9.17) is 5.10 Å². The number of aryl methyl sites for hydroxylation is 1. The molecule has 2 aromatic rings. The van der Waals surface area contributed by atoms with Crippen molar-refractivity contribution in [3.63, 3.8) is 0 Å². The minimum Gasteiger partial charge on any atom is -0.465 e. The van der Waals surface area contributed by atoms with Gasteiger partial charge in [-0.25, -0.2) is 4.79 Å². The molecule has 33 heavy (non-hydrogen) atoms. The number of carbonyl (C=O) groups excluding carboxylic acids is 1. The summed E-state index contributed by atoms with van der Waals surface area (Å²) in [5, 5.41) is 28.0. The van der Waals surface area contributed by atoms with Crippen LogP contribution in [0.3, 0.4) is 0 Å². The Kier molecular flexibility index (Phi) is 7.07. The zero-order valence-corrected chi connectivity index (χ0v) is 20.7. The number of piperidine rings is 1. The third-order valence-electron chi connectivity index (χ3n) is 6.67. The Hall–Kier alpha value is -2.61. The first-order valence-electron chi connectivity index (χ1n) is 11.7. The summed E-state index contributed by atoms with van der Waals surface area (Å²) in [5.41, 5.74) is 1.39. The minimum absolute atomic E-state index is 0.0281. The van der Waals surface area contributed by atoms with E-state index in [1.807, 2.05) is 23.9 Å². The van der Waals surface area contributed by atoms with Crippen LogP contribution in [0.4, 0.5) is 4.79 Å². The highest BCUT2D eigenvalue weighted by Crippen LogP contribution is 2.35. The highest BCUT2D eigenvalue weighted by molar-refractivity contribution is 6.00. The summed E-state index contributed by atoms with van der Waals surface area (Å²) >= 11 is 0. The van der Waals surface area contributed by atoms with Gasteiger partial charge < -0.3 is 20.4 Å². The van der Waals surface area contributed by atoms with E-state index in [0.29, 0.717) is 31.0 Å². The predicted molar refractivity (Wildman–Crippen MR) is 128 cm³/mol. The van der Waals surface area contributed by atoms with Gasteiger partial charge >= 0.3 is 6.09 Å². The number of fused-ring (bicyclic) bond motifs is 1. The second-order valence-electron chi connectivity index (χ2n) is 11.1. The number of nitrogens with one attached hydrogen (secondary N) is 1. The Labute approximate surface area is 196 Å². The van der Waals surface area contributed by atoms with E-state index in [0.717, 1.165) is 35.9 Å². The second-order valence-corrected chi connectivity index (χ2v) is 11.1. The van der Waals surface area contributed by atoms with Gasteiger partial charge in [-0.05, 0) is 69.1 Å². The standard InChI is InChI=1S/C25H38N4O4/c1-16-18(22(30)26-11-10-25(5,6)33)7-8-20-19(16)15-28(27-20)14-17-9-12-29(23(31)32)21(13-17)24(2,3)4/h7-8,15,17,21,33H,9-14H2,1-6H3,(H,26,30)(H,31,32). The van der Waals surface area contributed by atoms with Gasteiger partial charge in [-0.2, -0.15) is 5.10 Å². The Balaban J connectivity index is 1.73. The Morgan fingerprint density at radius 1 is 1.21 bits per heavy atom. The fourth-order valence-corrected chi connectivity index (χ4v) is 4.72. The van der Waals surface area contributed by atoms with Gasteiger partial charge in [0.1, 0.15) is 0 Å². The van der Waals surface area contributed by atoms with E-state index in [9.17, 15) is 19.8 Å². The number of likely N-dealkylation sites (tertiary alicyclic amines) is 1. The molecule has 182 valence electrons. The first-order chi connectivity index (χ1) is 15.3. The summed E-state index contributed by atoms with van der Waals surface area (Å²) in [6.07, 6.45) is 3.24. The average Bonchev–Trinajstić information content (AvgIpc) is 3.09. The fraction of sp³-hybridized carbons (Fsp3) is 0.640. The Morgan fingerprint density at radius 2 is 1.91 bits per heavy atom. The zero-order valence-electron chi connectivity index (χ0n) is 20.7. The first kappa shape index (κ1) is 25.0. The van der Waals surface area contributed by atoms with Gasteiger partial charge in [0.15, 0.2) is 0 Å². The lowest BCUT2D eigenvalue weighted by Gasteiger charge is -2.44. The van der Waals surface area contributed by atoms with E-state index < -0.39 is 11.7 Å². The maximum Gasteiger partial charge on any atom is 0.407 e. The normalized spacial score (nSPS) is 19.7. The van der Waals surface area contributed by atoms with Crippen molar-refractivity contribution in [3.8, 4) is 0 Å². The van der Waals surface area contributed by atoms with Gasteiger partial charge in [0.2, 0.25) is 0 Å². The van der Waals surface area contributed by atoms with Crippen molar-refractivity contribution in [1.29, 1.82) is 0 Å². The Morgan fingerprint density at radius 3 is 2.52 bits per heavy atom. The number of benzene rings is 1. The summed E-state index contributed by atoms with van der Waals surface area (Å²) in [7, 11) is 0. The van der Waals surface area contributed by atoms with Crippen molar-refractivity contribution in [3.05, 3.63) is 29.5 Å². The molecule has 1 aliphatic heterocycles. The molecule has 1 aliphatic rings. The number of aromatic nitrogens is 2. The van der Waals surface area contributed by atoms with Crippen LogP contribution < -0.4 is 5.32 Å². The smallest absolute Gasteiger partial charge is 0.407 e. The van der Waals surface area contributed by atoms with E-state index in [2.05, 4.69) is 26.1 Å². The molecule has 1 saturated heterocycles. The Bertz CT molecular complexity index is 1020. The van der Waals surface area contributed by atoms with Crippen LogP contribution in [0.5, 0.6) is 0 Å². The number of aliphatic hydroxyl groups is 1. The number of rotatable bonds is 6. The molecule has 0 radical (unpaired) electrons. The second kappa shape index (κ2) is 9.33. The van der Waals surface area contributed by atoms with E-state index in [1.54, 1.807) is 24.8 Å². The van der Waals surface area contributed by atoms with Crippen LogP contribution in [-0.4, -0.2) is 61.6 Å². The maximum absolute atomic E-state index is 12.7. The van der Waals surface area contributed by atoms with E-state index >= 15 is 0 Å². The number of amides is 2. The van der Waals surface area contributed by atoms with Crippen LogP contribution in [0.15, 0.2) is 18.3 Å². The number of carbonyl (C=O) groups is 2. The van der Waals surface area contributed by atoms with Crippen LogP contribution in [0.25, 0.3) is 10.9 Å². The summed E-state index contributed by atoms with van der Waals surface area (Å²) in [5.74, 6) is 0.185. The molecular weight excluding hydrogens is 420 g/mol. The fourth-order valence-electron chi connectivity index (χ4n) is 4.72. The van der Waals surface area contributed by atoms with Crippen LogP contribution >= 0.6 is 0 Å². The van der Waals surface area contributed by atoms with Crippen molar-refractivity contribution in [1.82, 2.24) is 20.0 Å². The third-order valence-corrected chi connectivity index (χ3v) is 6.67. The molecule has 2 heterocycles. The van der Waals surface area contributed by atoms with Crippen molar-refractivity contribution in [2.24, 2.45) is 11.3 Å². The lowest BCUT2D eigenvalue weighted by atomic mass is 9.77. The summed E-state index contributed by atoms with van der Waals surface area (Å²) < 4.78 is 1.94. The van der Waals surface area contributed by atoms with Crippen LogP contribution in [0.2, 0.25) is 0 Å². The molecule has 2 unspecified atom stereocenters. The number of carboxylic acid groups (broad SMARTS) is 1. The largest absolute Gasteiger partial charge is 0.465 e. The van der Waals surface area contributed by atoms with Crippen molar-refractivity contribution >= 4 is 22.9 Å². The highest BCUT2D eigenvalue weighted by atomic mass is 16.4. The number of nitrogens with zero attached hydrogens (tertiary/aromatic N) is 3. The molecule has 1 fully saturated rings. The molecule has 3 N–H and O–H groups in total. The summed E-state index contributed by atoms with van der Waals surface area (Å²) in [4.78, 5) is 25.9. The molecule has 0 aliphatic carbocycles. The SMILES string of the molecule is Cc1c(C(=O)NCCC(C)(C)O)ccc2nn(CC3CCN(C(=O)O)C(C(C)(C)C)C3)cc12. The van der Waals surface area contributed by atoms with Crippen molar-refractivity contribution in [2.45, 2.75) is 79.0 Å². The topological polar surface area (TPSA) is 108 Å². The van der Waals surface area contributed by atoms with Crippen molar-refractivity contribution < 1.29 is 19.8 Å². The highest BCUT2D eigenvalue weighted by Gasteiger charge is 2.38. The molecule has 0 bridgehead atoms. The van der Waals surface area contributed by atoms with E-state index in [1.165, 1.54) is 0 Å². The molecule has 1 aromatic heterocycles. The molecule has 2 atom stereocenters. The van der Waals surface area contributed by atoms with Gasteiger partial charge in [-0.15, -0.1) is 0 Å². The lowest BCUT2D eigenvalue weighted by molar-refractivity contribution is 0.0367. The summed E-state index contributed by atoms with van der Waals surface area (Å²) in [6, 6.07) is 3.64. The monoisotopic (exact) mass is 458 g/mol.